The molecule has 3 aromatic rings. The number of fused-ring (bicyclic) bond motifs is 1. The third-order valence-electron chi connectivity index (χ3n) is 4.33. The number of rotatable bonds is 5. The van der Waals surface area contributed by atoms with Gasteiger partial charge in [-0.3, -0.25) is 4.79 Å². The summed E-state index contributed by atoms with van der Waals surface area (Å²) >= 11 is 0. The molecule has 0 aliphatic rings. The van der Waals surface area contributed by atoms with Crippen LogP contribution in [0.3, 0.4) is 0 Å². The lowest BCUT2D eigenvalue weighted by molar-refractivity contribution is 0.0688. The van der Waals surface area contributed by atoms with Crippen LogP contribution in [0.4, 0.5) is 0 Å². The lowest BCUT2D eigenvalue weighted by Crippen LogP contribution is -2.25. The molecule has 0 saturated heterocycles. The van der Waals surface area contributed by atoms with E-state index in [4.69, 9.17) is 4.74 Å². The zero-order chi connectivity index (χ0) is 18.0. The van der Waals surface area contributed by atoms with Gasteiger partial charge in [0.15, 0.2) is 5.43 Å². The fraction of sp³-hybridized carbons (Fsp3) is 0.200. The average Bonchev–Trinajstić information content (AvgIpc) is 2.58. The van der Waals surface area contributed by atoms with Gasteiger partial charge in [-0.1, -0.05) is 42.5 Å². The largest absolute Gasteiger partial charge is 0.477 e. The minimum Gasteiger partial charge on any atom is -0.477 e. The molecule has 0 saturated carbocycles. The molecule has 2 aromatic carbocycles. The standard InChI is InChI=1S/C20H19NO4/c1-13-10-18(22)19(20(23)24)17(12-25-2)21(13)11-15-8-5-7-14-6-3-4-9-16(14)15/h3-10H,11-12H2,1-2H3,(H,23,24). The van der Waals surface area contributed by atoms with E-state index >= 15 is 0 Å². The fourth-order valence-corrected chi connectivity index (χ4v) is 3.17. The van der Waals surface area contributed by atoms with Crippen LogP contribution in [-0.4, -0.2) is 22.8 Å². The van der Waals surface area contributed by atoms with E-state index in [1.807, 2.05) is 47.0 Å². The minimum atomic E-state index is -1.23. The molecule has 128 valence electrons. The lowest BCUT2D eigenvalue weighted by Gasteiger charge is -2.19. The molecule has 1 aromatic heterocycles. The van der Waals surface area contributed by atoms with Gasteiger partial charge in [0.05, 0.1) is 12.3 Å². The minimum absolute atomic E-state index is 0.0588. The Balaban J connectivity index is 2.21. The van der Waals surface area contributed by atoms with Crippen LogP contribution in [0.5, 0.6) is 0 Å². The molecule has 25 heavy (non-hydrogen) atoms. The first-order valence-corrected chi connectivity index (χ1v) is 7.95. The molecule has 0 atom stereocenters. The summed E-state index contributed by atoms with van der Waals surface area (Å²) in [5, 5.41) is 11.7. The van der Waals surface area contributed by atoms with E-state index in [1.165, 1.54) is 13.2 Å². The van der Waals surface area contributed by atoms with E-state index in [1.54, 1.807) is 6.92 Å². The summed E-state index contributed by atoms with van der Waals surface area (Å²) in [5.41, 5.74) is 1.42. The Morgan fingerprint density at radius 2 is 1.88 bits per heavy atom. The van der Waals surface area contributed by atoms with Crippen LogP contribution in [0.15, 0.2) is 53.3 Å². The van der Waals surface area contributed by atoms with Crippen LogP contribution < -0.4 is 5.43 Å². The van der Waals surface area contributed by atoms with Crippen LogP contribution in [0.25, 0.3) is 10.8 Å². The third-order valence-corrected chi connectivity index (χ3v) is 4.33. The zero-order valence-electron chi connectivity index (χ0n) is 14.2. The van der Waals surface area contributed by atoms with Crippen molar-refractivity contribution in [3.05, 3.63) is 81.3 Å². The zero-order valence-corrected chi connectivity index (χ0v) is 14.2. The first-order valence-electron chi connectivity index (χ1n) is 7.95. The van der Waals surface area contributed by atoms with E-state index in [0.29, 0.717) is 17.9 Å². The Labute approximate surface area is 145 Å². The quantitative estimate of drug-likeness (QED) is 0.776. The topological polar surface area (TPSA) is 68.5 Å². The maximum atomic E-state index is 12.1. The predicted molar refractivity (Wildman–Crippen MR) is 96.2 cm³/mol. The van der Waals surface area contributed by atoms with E-state index < -0.39 is 11.4 Å². The Hall–Kier alpha value is -2.92. The van der Waals surface area contributed by atoms with Crippen molar-refractivity contribution in [2.24, 2.45) is 0 Å². The van der Waals surface area contributed by atoms with Gasteiger partial charge in [0.2, 0.25) is 0 Å². The molecule has 0 amide bonds. The summed E-state index contributed by atoms with van der Waals surface area (Å²) in [6.45, 7) is 2.33. The SMILES string of the molecule is COCc1c(C(=O)O)c(=O)cc(C)n1Cc1cccc2ccccc12. The molecule has 0 aliphatic heterocycles. The number of benzene rings is 2. The lowest BCUT2D eigenvalue weighted by atomic mass is 10.0. The van der Waals surface area contributed by atoms with Crippen molar-refractivity contribution in [3.8, 4) is 0 Å². The number of pyridine rings is 1. The van der Waals surface area contributed by atoms with Gasteiger partial charge in [0.25, 0.3) is 0 Å². The highest BCUT2D eigenvalue weighted by atomic mass is 16.5. The molecule has 0 bridgehead atoms. The van der Waals surface area contributed by atoms with Crippen molar-refractivity contribution in [2.75, 3.05) is 7.11 Å². The van der Waals surface area contributed by atoms with Gasteiger partial charge in [0.1, 0.15) is 5.56 Å². The Bertz CT molecular complexity index is 999. The van der Waals surface area contributed by atoms with E-state index in [9.17, 15) is 14.7 Å². The highest BCUT2D eigenvalue weighted by Crippen LogP contribution is 2.21. The third kappa shape index (κ3) is 3.19. The van der Waals surface area contributed by atoms with Crippen molar-refractivity contribution in [2.45, 2.75) is 20.1 Å². The number of carboxylic acids is 1. The van der Waals surface area contributed by atoms with Crippen LogP contribution in [0.2, 0.25) is 0 Å². The smallest absolute Gasteiger partial charge is 0.341 e. The summed E-state index contributed by atoms with van der Waals surface area (Å²) in [6, 6.07) is 15.4. The first kappa shape index (κ1) is 16.9. The summed E-state index contributed by atoms with van der Waals surface area (Å²) in [5.74, 6) is -1.23. The van der Waals surface area contributed by atoms with Crippen LogP contribution in [-0.2, 0) is 17.9 Å². The number of carboxylic acid groups (broad SMARTS) is 1. The summed E-state index contributed by atoms with van der Waals surface area (Å²) in [4.78, 5) is 23.7. The van der Waals surface area contributed by atoms with Crippen LogP contribution >= 0.6 is 0 Å². The number of methoxy groups -OCH3 is 1. The van der Waals surface area contributed by atoms with Gasteiger partial charge < -0.3 is 14.4 Å². The van der Waals surface area contributed by atoms with Gasteiger partial charge in [-0.2, -0.15) is 0 Å². The Morgan fingerprint density at radius 1 is 1.16 bits per heavy atom. The fourth-order valence-electron chi connectivity index (χ4n) is 3.17. The molecular formula is C20H19NO4. The van der Waals surface area contributed by atoms with Crippen molar-refractivity contribution in [3.63, 3.8) is 0 Å². The second kappa shape index (κ2) is 6.91. The molecule has 0 radical (unpaired) electrons. The van der Waals surface area contributed by atoms with Gasteiger partial charge in [-0.15, -0.1) is 0 Å². The molecule has 3 rings (SSSR count). The average molecular weight is 337 g/mol. The van der Waals surface area contributed by atoms with Crippen molar-refractivity contribution >= 4 is 16.7 Å². The van der Waals surface area contributed by atoms with Gasteiger partial charge in [-0.05, 0) is 23.3 Å². The number of aromatic carboxylic acids is 1. The Morgan fingerprint density at radius 3 is 2.60 bits per heavy atom. The number of carbonyl (C=O) groups is 1. The van der Waals surface area contributed by atoms with Crippen molar-refractivity contribution in [1.29, 1.82) is 0 Å². The van der Waals surface area contributed by atoms with E-state index in [2.05, 4.69) is 0 Å². The maximum Gasteiger partial charge on any atom is 0.341 e. The van der Waals surface area contributed by atoms with Crippen molar-refractivity contribution < 1.29 is 14.6 Å². The molecule has 5 nitrogen and oxygen atoms in total. The molecular weight excluding hydrogens is 318 g/mol. The van der Waals surface area contributed by atoms with Crippen LogP contribution in [0, 0.1) is 6.92 Å². The number of hydrogen-bond donors (Lipinski definition) is 1. The number of ether oxygens (including phenoxy) is 1. The normalized spacial score (nSPS) is 11.0. The summed E-state index contributed by atoms with van der Waals surface area (Å²) in [7, 11) is 1.49. The van der Waals surface area contributed by atoms with Gasteiger partial charge in [0, 0.05) is 25.4 Å². The second-order valence-corrected chi connectivity index (χ2v) is 5.93. The monoisotopic (exact) mass is 337 g/mol. The van der Waals surface area contributed by atoms with E-state index in [0.717, 1.165) is 16.3 Å². The highest BCUT2D eigenvalue weighted by molar-refractivity contribution is 5.89. The summed E-state index contributed by atoms with van der Waals surface area (Å²) < 4.78 is 7.01. The Kier molecular flexibility index (Phi) is 4.67. The number of aryl methyl sites for hydroxylation is 1. The molecule has 5 heteroatoms. The molecule has 1 N–H and O–H groups in total. The number of hydrogen-bond acceptors (Lipinski definition) is 3. The van der Waals surface area contributed by atoms with Crippen molar-refractivity contribution in [1.82, 2.24) is 4.57 Å². The van der Waals surface area contributed by atoms with Gasteiger partial charge >= 0.3 is 5.97 Å². The molecule has 0 unspecified atom stereocenters. The summed E-state index contributed by atoms with van der Waals surface area (Å²) in [6.07, 6.45) is 0. The van der Waals surface area contributed by atoms with E-state index in [-0.39, 0.29) is 12.2 Å². The molecule has 1 heterocycles. The second-order valence-electron chi connectivity index (χ2n) is 5.93. The predicted octanol–water partition coefficient (Wildman–Crippen LogP) is 3.20. The molecule has 0 aliphatic carbocycles. The number of aromatic nitrogens is 1. The molecule has 0 spiro atoms. The maximum absolute atomic E-state index is 12.1. The van der Waals surface area contributed by atoms with Crippen LogP contribution in [0.1, 0.15) is 27.3 Å². The first-order chi connectivity index (χ1) is 12.0. The highest BCUT2D eigenvalue weighted by Gasteiger charge is 2.20. The van der Waals surface area contributed by atoms with Gasteiger partial charge in [-0.25, -0.2) is 4.79 Å². The number of nitrogens with zero attached hydrogens (tertiary/aromatic N) is 1. The molecule has 0 fully saturated rings.